The molecule has 0 aliphatic heterocycles. The van der Waals surface area contributed by atoms with Crippen LogP contribution in [0.1, 0.15) is 0 Å². The molecule has 168 valence electrons. The predicted octanol–water partition coefficient (Wildman–Crippen LogP) is 0.750. The summed E-state index contributed by atoms with van der Waals surface area (Å²) in [6.07, 6.45) is -7.84. The van der Waals surface area contributed by atoms with Crippen LogP contribution in [0.15, 0.2) is 0 Å². The van der Waals surface area contributed by atoms with Gasteiger partial charge in [-0.15, -0.1) is 0 Å². The molecule has 0 aromatic carbocycles. The second kappa shape index (κ2) is 7.80. The van der Waals surface area contributed by atoms with Gasteiger partial charge in [0.1, 0.15) is 5.97 Å². The summed E-state index contributed by atoms with van der Waals surface area (Å²) in [5, 5.41) is 9.65. The molecular weight excluding hydrogens is 502 g/mol. The van der Waals surface area contributed by atoms with E-state index in [1.54, 1.807) is 0 Å². The van der Waals surface area contributed by atoms with E-state index >= 15 is 0 Å². The number of carbonyl (C=O) groups is 1. The normalized spacial score (nSPS) is 15.8. The van der Waals surface area contributed by atoms with Gasteiger partial charge in [-0.3, -0.25) is 0 Å². The molecule has 0 aromatic heterocycles. The standard InChI is InChI=1S/C9HF17O2.K/c10-2(11,1(27)28)3(12,13)4(14,15)5(16,17)6(18,19)7(20,21)8(22,23)9(24,25)26;/h(H,27,28);/q;+1/p-1. The molecule has 20 heteroatoms. The quantitative estimate of drug-likeness (QED) is 0.381. The molecule has 0 heterocycles. The molecule has 0 N–H and O–H groups in total. The van der Waals surface area contributed by atoms with Gasteiger partial charge < -0.3 is 9.90 Å². The number of hydrogen-bond acceptors (Lipinski definition) is 2. The summed E-state index contributed by atoms with van der Waals surface area (Å²) in [6, 6.07) is 0. The smallest absolute Gasteiger partial charge is 0.544 e. The Morgan fingerprint density at radius 3 is 0.862 bits per heavy atom. The Morgan fingerprint density at radius 1 is 0.448 bits per heavy atom. The number of hydrogen-bond donors (Lipinski definition) is 0. The van der Waals surface area contributed by atoms with Crippen LogP contribution in [0.25, 0.3) is 0 Å². The molecule has 0 unspecified atom stereocenters. The summed E-state index contributed by atoms with van der Waals surface area (Å²) < 4.78 is 214. The number of halogens is 17. The molecule has 0 fully saturated rings. The van der Waals surface area contributed by atoms with Crippen molar-refractivity contribution in [1.82, 2.24) is 0 Å². The van der Waals surface area contributed by atoms with E-state index in [0.29, 0.717) is 0 Å². The Bertz CT molecular complexity index is 621. The van der Waals surface area contributed by atoms with Crippen molar-refractivity contribution < 1.29 is 136 Å². The average molecular weight is 502 g/mol. The van der Waals surface area contributed by atoms with Gasteiger partial charge >= 0.3 is 99.0 Å². The molecule has 0 aliphatic carbocycles. The number of aliphatic carboxylic acids is 1. The van der Waals surface area contributed by atoms with Crippen LogP contribution in [0.4, 0.5) is 74.6 Å². The first-order valence-corrected chi connectivity index (χ1v) is 5.62. The maximum atomic E-state index is 13.0. The maximum Gasteiger partial charge on any atom is 1.00 e. The number of alkyl halides is 17. The minimum atomic E-state index is -8.79. The number of carboxylic acid groups (broad SMARTS) is 1. The molecule has 0 aliphatic rings. The molecule has 0 atom stereocenters. The third-order valence-electron chi connectivity index (χ3n) is 2.98. The molecule has 0 saturated carbocycles. The van der Waals surface area contributed by atoms with Crippen LogP contribution >= 0.6 is 0 Å². The number of carbonyl (C=O) groups excluding carboxylic acids is 1. The minimum Gasteiger partial charge on any atom is -0.544 e. The second-order valence-electron chi connectivity index (χ2n) is 4.81. The van der Waals surface area contributed by atoms with Crippen LogP contribution in [0.5, 0.6) is 0 Å². The van der Waals surface area contributed by atoms with Crippen molar-refractivity contribution in [3.8, 4) is 0 Å². The second-order valence-corrected chi connectivity index (χ2v) is 4.81. The van der Waals surface area contributed by atoms with Gasteiger partial charge in [0.15, 0.2) is 0 Å². The van der Waals surface area contributed by atoms with Crippen LogP contribution in [0.2, 0.25) is 0 Å². The first-order chi connectivity index (χ1) is 11.7. The van der Waals surface area contributed by atoms with Crippen molar-refractivity contribution in [3.05, 3.63) is 0 Å². The molecule has 0 spiro atoms. The van der Waals surface area contributed by atoms with Crippen molar-refractivity contribution in [2.75, 3.05) is 0 Å². The van der Waals surface area contributed by atoms with Gasteiger partial charge in [0.25, 0.3) is 0 Å². The number of rotatable bonds is 7. The van der Waals surface area contributed by atoms with Crippen LogP contribution in [0.3, 0.4) is 0 Å². The van der Waals surface area contributed by atoms with Crippen molar-refractivity contribution in [3.63, 3.8) is 0 Å². The molecule has 0 aromatic rings. The largest absolute Gasteiger partial charge is 1.00 e. The summed E-state index contributed by atoms with van der Waals surface area (Å²) in [5.41, 5.74) is 0. The zero-order valence-corrected chi connectivity index (χ0v) is 15.9. The first-order valence-electron chi connectivity index (χ1n) is 5.62. The van der Waals surface area contributed by atoms with Gasteiger partial charge in [-0.05, 0) is 0 Å². The van der Waals surface area contributed by atoms with Gasteiger partial charge in [-0.2, -0.15) is 74.6 Å². The van der Waals surface area contributed by atoms with Gasteiger partial charge in [0.2, 0.25) is 0 Å². The van der Waals surface area contributed by atoms with Crippen molar-refractivity contribution in [1.29, 1.82) is 0 Å². The first kappa shape index (κ1) is 31.1. The molecule has 0 bridgehead atoms. The van der Waals surface area contributed by atoms with Crippen molar-refractivity contribution in [2.45, 2.75) is 47.6 Å². The summed E-state index contributed by atoms with van der Waals surface area (Å²) in [6.45, 7) is 0. The monoisotopic (exact) mass is 502 g/mol. The van der Waals surface area contributed by atoms with E-state index in [2.05, 4.69) is 0 Å². The van der Waals surface area contributed by atoms with Crippen LogP contribution in [0, 0.1) is 0 Å². The minimum absolute atomic E-state index is 0. The Morgan fingerprint density at radius 2 is 0.655 bits per heavy atom. The van der Waals surface area contributed by atoms with E-state index in [1.807, 2.05) is 0 Å². The summed E-state index contributed by atoms with van der Waals surface area (Å²) in [7, 11) is 0. The van der Waals surface area contributed by atoms with E-state index in [9.17, 15) is 84.5 Å². The average Bonchev–Trinajstić information content (AvgIpc) is 2.44. The topological polar surface area (TPSA) is 40.1 Å². The Kier molecular flexibility index (Phi) is 8.37. The summed E-state index contributed by atoms with van der Waals surface area (Å²) in [5.74, 6) is -63.5. The van der Waals surface area contributed by atoms with Crippen LogP contribution in [-0.4, -0.2) is 53.6 Å². The third kappa shape index (κ3) is 3.95. The molecule has 0 radical (unpaired) electrons. The fourth-order valence-corrected chi connectivity index (χ4v) is 1.29. The van der Waals surface area contributed by atoms with Gasteiger partial charge in [-0.1, -0.05) is 0 Å². The fraction of sp³-hybridized carbons (Fsp3) is 0.889. The van der Waals surface area contributed by atoms with Crippen LogP contribution < -0.4 is 56.5 Å². The van der Waals surface area contributed by atoms with Crippen molar-refractivity contribution in [2.24, 2.45) is 0 Å². The molecule has 0 saturated heterocycles. The molecule has 0 amide bonds. The van der Waals surface area contributed by atoms with Crippen molar-refractivity contribution >= 4 is 5.97 Å². The van der Waals surface area contributed by atoms with E-state index in [1.165, 1.54) is 0 Å². The molecular formula is C9F17KO2. The zero-order valence-electron chi connectivity index (χ0n) is 12.7. The fourth-order valence-electron chi connectivity index (χ4n) is 1.29. The number of carboxylic acids is 1. The van der Waals surface area contributed by atoms with E-state index in [0.717, 1.165) is 0 Å². The van der Waals surface area contributed by atoms with Crippen LogP contribution in [-0.2, 0) is 4.79 Å². The SMILES string of the molecule is O=C([O-])C(F)(F)C(F)(F)C(F)(F)C(F)(F)C(F)(F)C(F)(F)C(F)(F)C(F)(F)F.[K+]. The van der Waals surface area contributed by atoms with Gasteiger partial charge in [-0.25, -0.2) is 0 Å². The van der Waals surface area contributed by atoms with E-state index in [-0.39, 0.29) is 51.4 Å². The third-order valence-corrected chi connectivity index (χ3v) is 2.98. The summed E-state index contributed by atoms with van der Waals surface area (Å²) >= 11 is 0. The molecule has 29 heavy (non-hydrogen) atoms. The van der Waals surface area contributed by atoms with Gasteiger partial charge in [0.05, 0.1) is 0 Å². The molecule has 2 nitrogen and oxygen atoms in total. The maximum absolute atomic E-state index is 13.0. The van der Waals surface area contributed by atoms with E-state index < -0.39 is 53.6 Å². The van der Waals surface area contributed by atoms with E-state index in [4.69, 9.17) is 0 Å². The molecule has 0 rings (SSSR count). The Balaban J connectivity index is 0. The summed E-state index contributed by atoms with van der Waals surface area (Å²) in [4.78, 5) is 9.65. The Hall–Kier alpha value is -0.0836. The Labute approximate surface area is 188 Å². The predicted molar refractivity (Wildman–Crippen MR) is 45.7 cm³/mol. The van der Waals surface area contributed by atoms with Gasteiger partial charge in [0, 0.05) is 0 Å². The zero-order chi connectivity index (χ0) is 23.6.